The maximum Gasteiger partial charge on any atom is 0.194 e. The molecule has 2 aliphatic heterocycles. The Balaban J connectivity index is 1.64. The van der Waals surface area contributed by atoms with Crippen LogP contribution in [0.1, 0.15) is 44.6 Å². The Morgan fingerprint density at radius 1 is 1.07 bits per heavy atom. The molecule has 168 valence electrons. The van der Waals surface area contributed by atoms with Crippen molar-refractivity contribution in [3.05, 3.63) is 29.8 Å². The molecule has 2 fully saturated rings. The lowest BCUT2D eigenvalue weighted by Gasteiger charge is -2.42. The average molecular weight is 416 g/mol. The van der Waals surface area contributed by atoms with E-state index >= 15 is 0 Å². The number of nitrogens with zero attached hydrogens (tertiary/aromatic N) is 4. The van der Waals surface area contributed by atoms with Gasteiger partial charge in [-0.2, -0.15) is 0 Å². The molecule has 2 saturated heterocycles. The van der Waals surface area contributed by atoms with Crippen LogP contribution in [0.25, 0.3) is 0 Å². The van der Waals surface area contributed by atoms with Crippen LogP contribution < -0.4 is 10.2 Å². The minimum Gasteiger partial charge on any atom is -0.381 e. The van der Waals surface area contributed by atoms with E-state index in [4.69, 9.17) is 9.73 Å². The highest BCUT2D eigenvalue weighted by atomic mass is 16.5. The molecule has 6 heteroatoms. The van der Waals surface area contributed by atoms with Crippen molar-refractivity contribution in [1.82, 2.24) is 15.1 Å². The third-order valence-electron chi connectivity index (χ3n) is 6.67. The molecular weight excluding hydrogens is 374 g/mol. The first-order valence-electron chi connectivity index (χ1n) is 11.6. The Bertz CT molecular complexity index is 661. The number of aliphatic imine (C=N–C) groups is 1. The number of guanidine groups is 1. The van der Waals surface area contributed by atoms with E-state index in [0.717, 1.165) is 51.6 Å². The zero-order valence-corrected chi connectivity index (χ0v) is 19.5. The fourth-order valence-electron chi connectivity index (χ4n) is 4.50. The van der Waals surface area contributed by atoms with Crippen molar-refractivity contribution in [3.8, 4) is 0 Å². The molecule has 2 aliphatic rings. The molecule has 0 amide bonds. The molecule has 1 aromatic carbocycles. The van der Waals surface area contributed by atoms with Crippen LogP contribution in [0.4, 0.5) is 5.69 Å². The van der Waals surface area contributed by atoms with E-state index in [1.807, 2.05) is 0 Å². The zero-order chi connectivity index (χ0) is 21.4. The van der Waals surface area contributed by atoms with Crippen molar-refractivity contribution in [2.45, 2.75) is 51.1 Å². The van der Waals surface area contributed by atoms with Gasteiger partial charge in [0, 0.05) is 57.7 Å². The van der Waals surface area contributed by atoms with Gasteiger partial charge in [-0.15, -0.1) is 0 Å². The summed E-state index contributed by atoms with van der Waals surface area (Å²) in [6.45, 7) is 8.67. The van der Waals surface area contributed by atoms with E-state index in [2.05, 4.69) is 72.3 Å². The van der Waals surface area contributed by atoms with Crippen molar-refractivity contribution >= 4 is 11.6 Å². The van der Waals surface area contributed by atoms with Crippen LogP contribution in [0.3, 0.4) is 0 Å². The number of nitrogens with one attached hydrogen (secondary N) is 1. The van der Waals surface area contributed by atoms with Crippen molar-refractivity contribution in [1.29, 1.82) is 0 Å². The second-order valence-corrected chi connectivity index (χ2v) is 8.97. The standard InChI is InChI=1S/C24H41N5O/c1-5-25-23(26-20-24(27(2)3)13-17-30-18-14-24)28(4)19-21-9-11-22(12-10-21)29-15-7-6-8-16-29/h9-12H,5-8,13-20H2,1-4H3,(H,25,26). The van der Waals surface area contributed by atoms with Crippen LogP contribution >= 0.6 is 0 Å². The van der Waals surface area contributed by atoms with Gasteiger partial charge in [0.1, 0.15) is 0 Å². The van der Waals surface area contributed by atoms with Gasteiger partial charge < -0.3 is 24.8 Å². The topological polar surface area (TPSA) is 43.3 Å². The van der Waals surface area contributed by atoms with Crippen molar-refractivity contribution < 1.29 is 4.74 Å². The molecule has 0 bridgehead atoms. The Morgan fingerprint density at radius 2 is 1.73 bits per heavy atom. The van der Waals surface area contributed by atoms with Gasteiger partial charge in [-0.1, -0.05) is 12.1 Å². The van der Waals surface area contributed by atoms with E-state index in [9.17, 15) is 0 Å². The maximum absolute atomic E-state index is 5.60. The number of ether oxygens (including phenoxy) is 1. The quantitative estimate of drug-likeness (QED) is 0.547. The van der Waals surface area contributed by atoms with Crippen LogP contribution in [0.2, 0.25) is 0 Å². The van der Waals surface area contributed by atoms with Gasteiger partial charge in [0.2, 0.25) is 0 Å². The van der Waals surface area contributed by atoms with Gasteiger partial charge in [0.15, 0.2) is 5.96 Å². The highest BCUT2D eigenvalue weighted by Gasteiger charge is 2.34. The third kappa shape index (κ3) is 5.88. The lowest BCUT2D eigenvalue weighted by atomic mass is 9.89. The van der Waals surface area contributed by atoms with Crippen LogP contribution in [0.5, 0.6) is 0 Å². The highest BCUT2D eigenvalue weighted by molar-refractivity contribution is 5.79. The first kappa shape index (κ1) is 22.9. The van der Waals surface area contributed by atoms with E-state index < -0.39 is 0 Å². The molecule has 2 heterocycles. The zero-order valence-electron chi connectivity index (χ0n) is 19.5. The first-order chi connectivity index (χ1) is 14.5. The first-order valence-corrected chi connectivity index (χ1v) is 11.6. The van der Waals surface area contributed by atoms with Crippen molar-refractivity contribution in [2.75, 3.05) is 65.4 Å². The molecule has 0 aliphatic carbocycles. The lowest BCUT2D eigenvalue weighted by Crippen LogP contribution is -2.51. The summed E-state index contributed by atoms with van der Waals surface area (Å²) in [5.41, 5.74) is 2.77. The summed E-state index contributed by atoms with van der Waals surface area (Å²) in [7, 11) is 6.47. The summed E-state index contributed by atoms with van der Waals surface area (Å²) in [6.07, 6.45) is 6.06. The molecule has 0 spiro atoms. The monoisotopic (exact) mass is 415 g/mol. The second kappa shape index (κ2) is 11.0. The van der Waals surface area contributed by atoms with Crippen molar-refractivity contribution in [3.63, 3.8) is 0 Å². The van der Waals surface area contributed by atoms with Gasteiger partial charge >= 0.3 is 0 Å². The largest absolute Gasteiger partial charge is 0.381 e. The van der Waals surface area contributed by atoms with Gasteiger partial charge in [-0.25, -0.2) is 0 Å². The number of piperidine rings is 1. The van der Waals surface area contributed by atoms with Crippen LogP contribution in [0, 0.1) is 0 Å². The molecule has 0 aromatic heterocycles. The second-order valence-electron chi connectivity index (χ2n) is 8.97. The van der Waals surface area contributed by atoms with E-state index in [0.29, 0.717) is 0 Å². The summed E-state index contributed by atoms with van der Waals surface area (Å²) in [6, 6.07) is 9.09. The maximum atomic E-state index is 5.60. The van der Waals surface area contributed by atoms with E-state index in [1.54, 1.807) is 0 Å². The van der Waals surface area contributed by atoms with E-state index in [-0.39, 0.29) is 5.54 Å². The van der Waals surface area contributed by atoms with E-state index in [1.165, 1.54) is 43.6 Å². The molecule has 0 saturated carbocycles. The number of benzene rings is 1. The molecule has 0 unspecified atom stereocenters. The molecule has 0 radical (unpaired) electrons. The Labute approximate surface area is 183 Å². The minimum atomic E-state index is 0.0931. The average Bonchev–Trinajstić information content (AvgIpc) is 2.78. The highest BCUT2D eigenvalue weighted by Crippen LogP contribution is 2.26. The lowest BCUT2D eigenvalue weighted by molar-refractivity contribution is -0.00262. The predicted octanol–water partition coefficient (Wildman–Crippen LogP) is 3.19. The normalized spacial score (nSPS) is 19.8. The summed E-state index contributed by atoms with van der Waals surface area (Å²) in [4.78, 5) is 12.1. The number of rotatable bonds is 7. The van der Waals surface area contributed by atoms with Gasteiger partial charge in [0.25, 0.3) is 0 Å². The molecule has 6 nitrogen and oxygen atoms in total. The fraction of sp³-hybridized carbons (Fsp3) is 0.708. The summed E-state index contributed by atoms with van der Waals surface area (Å²) in [5, 5.41) is 3.48. The Hall–Kier alpha value is -1.79. The number of anilines is 1. The van der Waals surface area contributed by atoms with Crippen LogP contribution in [-0.4, -0.2) is 81.8 Å². The van der Waals surface area contributed by atoms with Crippen LogP contribution in [-0.2, 0) is 11.3 Å². The minimum absolute atomic E-state index is 0.0931. The van der Waals surface area contributed by atoms with Crippen molar-refractivity contribution in [2.24, 2.45) is 4.99 Å². The third-order valence-corrected chi connectivity index (χ3v) is 6.67. The number of hydrogen-bond acceptors (Lipinski definition) is 4. The van der Waals surface area contributed by atoms with Crippen LogP contribution in [0.15, 0.2) is 29.3 Å². The van der Waals surface area contributed by atoms with Gasteiger partial charge in [0.05, 0.1) is 6.54 Å². The smallest absolute Gasteiger partial charge is 0.194 e. The Kier molecular flexibility index (Phi) is 8.40. The van der Waals surface area contributed by atoms with Gasteiger partial charge in [-0.3, -0.25) is 4.99 Å². The number of likely N-dealkylation sites (N-methyl/N-ethyl adjacent to an activating group) is 1. The summed E-state index contributed by atoms with van der Waals surface area (Å²) < 4.78 is 5.60. The Morgan fingerprint density at radius 3 is 2.33 bits per heavy atom. The summed E-state index contributed by atoms with van der Waals surface area (Å²) >= 11 is 0. The molecular formula is C24H41N5O. The predicted molar refractivity (Wildman–Crippen MR) is 126 cm³/mol. The summed E-state index contributed by atoms with van der Waals surface area (Å²) in [5.74, 6) is 0.977. The molecule has 0 atom stereocenters. The fourth-order valence-corrected chi connectivity index (χ4v) is 4.50. The number of hydrogen-bond donors (Lipinski definition) is 1. The molecule has 3 rings (SSSR count). The molecule has 1 aromatic rings. The molecule has 1 N–H and O–H groups in total. The SMILES string of the molecule is CCNC(=NCC1(N(C)C)CCOCC1)N(C)Cc1ccc(N2CCCCC2)cc1. The van der Waals surface area contributed by atoms with Gasteiger partial charge in [-0.05, 0) is 70.8 Å². The molecule has 30 heavy (non-hydrogen) atoms.